The SMILES string of the molecule is CCN(C(=O)c1cncc(C(=O)NCCOC)c1)c1cccc(C)c1. The first-order chi connectivity index (χ1) is 12.1. The largest absolute Gasteiger partial charge is 0.383 e. The average Bonchev–Trinajstić information content (AvgIpc) is 2.62. The van der Waals surface area contributed by atoms with Gasteiger partial charge in [-0.2, -0.15) is 0 Å². The first kappa shape index (κ1) is 18.6. The Morgan fingerprint density at radius 1 is 1.20 bits per heavy atom. The number of ether oxygens (including phenoxy) is 1. The third-order valence-electron chi connectivity index (χ3n) is 3.71. The summed E-state index contributed by atoms with van der Waals surface area (Å²) < 4.78 is 4.90. The molecule has 2 amide bonds. The van der Waals surface area contributed by atoms with Crippen LogP contribution in [0.5, 0.6) is 0 Å². The molecule has 6 heteroatoms. The summed E-state index contributed by atoms with van der Waals surface area (Å²) in [5.74, 6) is -0.468. The van der Waals surface area contributed by atoms with Gasteiger partial charge >= 0.3 is 0 Å². The van der Waals surface area contributed by atoms with E-state index < -0.39 is 0 Å². The van der Waals surface area contributed by atoms with Crippen LogP contribution in [0, 0.1) is 6.92 Å². The van der Waals surface area contributed by atoms with Crippen molar-refractivity contribution in [1.29, 1.82) is 0 Å². The number of carbonyl (C=O) groups is 2. The molecule has 0 radical (unpaired) electrons. The summed E-state index contributed by atoms with van der Waals surface area (Å²) in [6, 6.07) is 9.31. The topological polar surface area (TPSA) is 71.5 Å². The molecule has 0 fully saturated rings. The zero-order valence-electron chi connectivity index (χ0n) is 14.8. The zero-order chi connectivity index (χ0) is 18.2. The number of amides is 2. The smallest absolute Gasteiger partial charge is 0.259 e. The van der Waals surface area contributed by atoms with Crippen LogP contribution in [-0.2, 0) is 4.74 Å². The second kappa shape index (κ2) is 8.94. The van der Waals surface area contributed by atoms with Crippen molar-refractivity contribution in [2.75, 3.05) is 31.7 Å². The van der Waals surface area contributed by atoms with Crippen LogP contribution in [0.4, 0.5) is 5.69 Å². The maximum Gasteiger partial charge on any atom is 0.259 e. The van der Waals surface area contributed by atoms with Crippen LogP contribution in [0.2, 0.25) is 0 Å². The first-order valence-corrected chi connectivity index (χ1v) is 8.17. The fourth-order valence-electron chi connectivity index (χ4n) is 2.44. The highest BCUT2D eigenvalue weighted by atomic mass is 16.5. The van der Waals surface area contributed by atoms with Gasteiger partial charge in [0, 0.05) is 38.3 Å². The lowest BCUT2D eigenvalue weighted by atomic mass is 10.1. The molecule has 1 aromatic heterocycles. The third-order valence-corrected chi connectivity index (χ3v) is 3.71. The number of nitrogens with zero attached hydrogens (tertiary/aromatic N) is 2. The molecule has 1 N–H and O–H groups in total. The number of pyridine rings is 1. The summed E-state index contributed by atoms with van der Waals surface area (Å²) in [7, 11) is 1.57. The van der Waals surface area contributed by atoms with Gasteiger partial charge in [-0.3, -0.25) is 14.6 Å². The van der Waals surface area contributed by atoms with E-state index >= 15 is 0 Å². The first-order valence-electron chi connectivity index (χ1n) is 8.17. The summed E-state index contributed by atoms with van der Waals surface area (Å²) in [4.78, 5) is 30.7. The van der Waals surface area contributed by atoms with Crippen molar-refractivity contribution in [3.05, 3.63) is 59.4 Å². The van der Waals surface area contributed by atoms with Gasteiger partial charge in [-0.05, 0) is 37.6 Å². The van der Waals surface area contributed by atoms with Gasteiger partial charge in [0.05, 0.1) is 17.7 Å². The van der Waals surface area contributed by atoms with Gasteiger partial charge in [0.1, 0.15) is 0 Å². The molecule has 0 aliphatic rings. The molecule has 2 aromatic rings. The lowest BCUT2D eigenvalue weighted by Gasteiger charge is -2.21. The van der Waals surface area contributed by atoms with Crippen LogP contribution in [0.1, 0.15) is 33.2 Å². The monoisotopic (exact) mass is 341 g/mol. The Bertz CT molecular complexity index is 746. The van der Waals surface area contributed by atoms with E-state index in [0.29, 0.717) is 30.8 Å². The normalized spacial score (nSPS) is 10.4. The van der Waals surface area contributed by atoms with Gasteiger partial charge in [-0.1, -0.05) is 12.1 Å². The van der Waals surface area contributed by atoms with Crippen molar-refractivity contribution in [2.24, 2.45) is 0 Å². The summed E-state index contributed by atoms with van der Waals surface area (Å²) in [5, 5.41) is 2.72. The van der Waals surface area contributed by atoms with Crippen LogP contribution in [0.3, 0.4) is 0 Å². The molecule has 132 valence electrons. The number of aromatic nitrogens is 1. The number of hydrogen-bond donors (Lipinski definition) is 1. The van der Waals surface area contributed by atoms with Crippen molar-refractivity contribution >= 4 is 17.5 Å². The van der Waals surface area contributed by atoms with E-state index in [0.717, 1.165) is 11.3 Å². The Kier molecular flexibility index (Phi) is 6.65. The van der Waals surface area contributed by atoms with Crippen LogP contribution < -0.4 is 10.2 Å². The molecule has 0 atom stereocenters. The molecule has 1 aromatic carbocycles. The standard InChI is InChI=1S/C19H23N3O3/c1-4-22(17-7-5-6-14(2)10-17)19(24)16-11-15(12-20-13-16)18(23)21-8-9-25-3/h5-7,10-13H,4,8-9H2,1-3H3,(H,21,23). The number of methoxy groups -OCH3 is 1. The number of carbonyl (C=O) groups excluding carboxylic acids is 2. The van der Waals surface area contributed by atoms with Crippen molar-refractivity contribution in [2.45, 2.75) is 13.8 Å². The molecular weight excluding hydrogens is 318 g/mol. The minimum absolute atomic E-state index is 0.188. The van der Waals surface area contributed by atoms with E-state index in [9.17, 15) is 9.59 Å². The molecule has 0 unspecified atom stereocenters. The number of rotatable bonds is 7. The van der Waals surface area contributed by atoms with Gasteiger partial charge in [-0.25, -0.2) is 0 Å². The summed E-state index contributed by atoms with van der Waals surface area (Å²) in [5.41, 5.74) is 2.63. The Morgan fingerprint density at radius 2 is 1.96 bits per heavy atom. The summed E-state index contributed by atoms with van der Waals surface area (Å²) in [6.45, 7) is 5.24. The molecule has 0 aliphatic heterocycles. The molecule has 0 bridgehead atoms. The predicted molar refractivity (Wildman–Crippen MR) is 97.0 cm³/mol. The van der Waals surface area contributed by atoms with E-state index in [4.69, 9.17) is 4.74 Å². The number of hydrogen-bond acceptors (Lipinski definition) is 4. The van der Waals surface area contributed by atoms with E-state index in [1.54, 1.807) is 18.1 Å². The Balaban J connectivity index is 2.20. The number of benzene rings is 1. The summed E-state index contributed by atoms with van der Waals surface area (Å²) in [6.07, 6.45) is 2.93. The van der Waals surface area contributed by atoms with Crippen LogP contribution in [0.15, 0.2) is 42.7 Å². The average molecular weight is 341 g/mol. The molecule has 25 heavy (non-hydrogen) atoms. The maximum absolute atomic E-state index is 12.9. The highest BCUT2D eigenvalue weighted by molar-refractivity contribution is 6.07. The fourth-order valence-corrected chi connectivity index (χ4v) is 2.44. The fraction of sp³-hybridized carbons (Fsp3) is 0.316. The van der Waals surface area contributed by atoms with E-state index in [1.807, 2.05) is 38.1 Å². The molecule has 0 aliphatic carbocycles. The van der Waals surface area contributed by atoms with Gasteiger partial charge in [0.15, 0.2) is 0 Å². The maximum atomic E-state index is 12.9. The minimum Gasteiger partial charge on any atom is -0.383 e. The molecule has 2 rings (SSSR count). The van der Waals surface area contributed by atoms with Crippen LogP contribution >= 0.6 is 0 Å². The van der Waals surface area contributed by atoms with Crippen LogP contribution in [-0.4, -0.2) is 43.6 Å². The molecule has 0 saturated carbocycles. The number of nitrogens with one attached hydrogen (secondary N) is 1. The van der Waals surface area contributed by atoms with Gasteiger partial charge < -0.3 is 15.0 Å². The minimum atomic E-state index is -0.280. The Hall–Kier alpha value is -2.73. The molecular formula is C19H23N3O3. The van der Waals surface area contributed by atoms with Crippen molar-refractivity contribution in [1.82, 2.24) is 10.3 Å². The summed E-state index contributed by atoms with van der Waals surface area (Å²) >= 11 is 0. The predicted octanol–water partition coefficient (Wildman–Crippen LogP) is 2.43. The third kappa shape index (κ3) is 4.87. The highest BCUT2D eigenvalue weighted by Crippen LogP contribution is 2.18. The number of anilines is 1. The zero-order valence-corrected chi connectivity index (χ0v) is 14.8. The van der Waals surface area contributed by atoms with Crippen molar-refractivity contribution < 1.29 is 14.3 Å². The quantitative estimate of drug-likeness (QED) is 0.785. The van der Waals surface area contributed by atoms with Crippen molar-refractivity contribution in [3.63, 3.8) is 0 Å². The molecule has 0 saturated heterocycles. The second-order valence-corrected chi connectivity index (χ2v) is 5.60. The highest BCUT2D eigenvalue weighted by Gasteiger charge is 2.18. The van der Waals surface area contributed by atoms with Gasteiger partial charge in [0.2, 0.25) is 0 Å². The lowest BCUT2D eigenvalue weighted by Crippen LogP contribution is -2.31. The molecule has 1 heterocycles. The Labute approximate surface area is 147 Å². The van der Waals surface area contributed by atoms with Gasteiger partial charge in [-0.15, -0.1) is 0 Å². The van der Waals surface area contributed by atoms with E-state index in [-0.39, 0.29) is 11.8 Å². The molecule has 0 spiro atoms. The van der Waals surface area contributed by atoms with E-state index in [1.165, 1.54) is 12.4 Å². The van der Waals surface area contributed by atoms with Crippen molar-refractivity contribution in [3.8, 4) is 0 Å². The molecule has 6 nitrogen and oxygen atoms in total. The van der Waals surface area contributed by atoms with E-state index in [2.05, 4.69) is 10.3 Å². The lowest BCUT2D eigenvalue weighted by molar-refractivity contribution is 0.0936. The van der Waals surface area contributed by atoms with Crippen LogP contribution in [0.25, 0.3) is 0 Å². The second-order valence-electron chi connectivity index (χ2n) is 5.60. The van der Waals surface area contributed by atoms with Gasteiger partial charge in [0.25, 0.3) is 11.8 Å². The number of aryl methyl sites for hydroxylation is 1. The Morgan fingerprint density at radius 3 is 2.64 bits per heavy atom.